The quantitative estimate of drug-likeness (QED) is 0.421. The molecule has 0 saturated carbocycles. The summed E-state index contributed by atoms with van der Waals surface area (Å²) in [6.45, 7) is 0.760. The summed E-state index contributed by atoms with van der Waals surface area (Å²) in [5.74, 6) is -0.733. The lowest BCUT2D eigenvalue weighted by atomic mass is 10.2. The van der Waals surface area contributed by atoms with Gasteiger partial charge in [0, 0.05) is 6.20 Å². The first-order valence-electron chi connectivity index (χ1n) is 8.51. The number of carbonyl (C=O) groups is 1. The molecule has 0 unspecified atom stereocenters. The second kappa shape index (κ2) is 8.55. The fourth-order valence-electron chi connectivity index (χ4n) is 2.78. The summed E-state index contributed by atoms with van der Waals surface area (Å²) in [7, 11) is 0. The van der Waals surface area contributed by atoms with Gasteiger partial charge in [-0.25, -0.2) is 0 Å². The number of carbonyl (C=O) groups excluding carboxylic acids is 1. The Morgan fingerprint density at radius 3 is 2.58 bits per heavy atom. The van der Waals surface area contributed by atoms with Gasteiger partial charge < -0.3 is 5.32 Å². The summed E-state index contributed by atoms with van der Waals surface area (Å²) in [4.78, 5) is 22.1. The Hall–Kier alpha value is -3.12. The third-order valence-electron chi connectivity index (χ3n) is 4.16. The maximum Gasteiger partial charge on any atom is 0.442 e. The molecule has 1 amide bonds. The van der Waals surface area contributed by atoms with Crippen LogP contribution in [0.25, 0.3) is 0 Å². The number of rotatable bonds is 6. The van der Waals surface area contributed by atoms with Gasteiger partial charge in [0.25, 0.3) is 0 Å². The third kappa shape index (κ3) is 5.14. The fourth-order valence-corrected chi connectivity index (χ4v) is 3.10. The monoisotopic (exact) mass is 476 g/mol. The van der Waals surface area contributed by atoms with Crippen LogP contribution in [-0.4, -0.2) is 30.4 Å². The van der Waals surface area contributed by atoms with E-state index in [1.165, 1.54) is 17.1 Å². The van der Waals surface area contributed by atoms with E-state index in [1.807, 2.05) is 0 Å². The van der Waals surface area contributed by atoms with Crippen molar-refractivity contribution >= 4 is 40.5 Å². The summed E-state index contributed by atoms with van der Waals surface area (Å²) in [6, 6.07) is 5.04. The number of aromatic nitrogens is 4. The van der Waals surface area contributed by atoms with E-state index in [9.17, 15) is 28.1 Å². The molecule has 1 aromatic carbocycles. The molecule has 2 heterocycles. The molecule has 0 saturated heterocycles. The maximum atomic E-state index is 13.0. The molecular weight excluding hydrogens is 464 g/mol. The Balaban J connectivity index is 1.70. The lowest BCUT2D eigenvalue weighted by Gasteiger charge is -2.05. The average Bonchev–Trinajstić information content (AvgIpc) is 3.22. The zero-order valence-corrected chi connectivity index (χ0v) is 17.2. The molecule has 0 aliphatic heterocycles. The van der Waals surface area contributed by atoms with Crippen molar-refractivity contribution in [2.45, 2.75) is 26.2 Å². The SMILES string of the molecule is Cc1c([N+](=O)[O-])c(C(F)(F)F)nn1CC(=O)Nc1cnn(Cc2ccc(Cl)c(Cl)c2)c1. The lowest BCUT2D eigenvalue weighted by molar-refractivity contribution is -0.388. The van der Waals surface area contributed by atoms with Crippen LogP contribution < -0.4 is 5.32 Å². The van der Waals surface area contributed by atoms with E-state index in [-0.39, 0.29) is 11.4 Å². The smallest absolute Gasteiger partial charge is 0.322 e. The van der Waals surface area contributed by atoms with Crippen molar-refractivity contribution in [3.63, 3.8) is 0 Å². The minimum atomic E-state index is -5.03. The van der Waals surface area contributed by atoms with E-state index in [1.54, 1.807) is 18.2 Å². The minimum Gasteiger partial charge on any atom is -0.322 e. The first-order chi connectivity index (χ1) is 14.5. The average molecular weight is 477 g/mol. The number of amides is 1. The molecule has 0 aliphatic carbocycles. The summed E-state index contributed by atoms with van der Waals surface area (Å²) in [5, 5.41) is 21.5. The molecule has 164 valence electrons. The number of nitro groups is 1. The molecule has 1 N–H and O–H groups in total. The van der Waals surface area contributed by atoms with Crippen LogP contribution in [0.15, 0.2) is 30.6 Å². The van der Waals surface area contributed by atoms with Crippen LogP contribution in [0.4, 0.5) is 24.5 Å². The van der Waals surface area contributed by atoms with Gasteiger partial charge in [0.1, 0.15) is 12.2 Å². The Labute approximate surface area is 182 Å². The van der Waals surface area contributed by atoms with Gasteiger partial charge in [-0.15, -0.1) is 0 Å². The van der Waals surface area contributed by atoms with Gasteiger partial charge in [0.2, 0.25) is 11.6 Å². The van der Waals surface area contributed by atoms with Crippen molar-refractivity contribution in [2.75, 3.05) is 5.32 Å². The van der Waals surface area contributed by atoms with Crippen molar-refractivity contribution in [3.8, 4) is 0 Å². The second-order valence-electron chi connectivity index (χ2n) is 6.42. The fraction of sp³-hybridized carbons (Fsp3) is 0.235. The molecule has 31 heavy (non-hydrogen) atoms. The van der Waals surface area contributed by atoms with Gasteiger partial charge in [-0.1, -0.05) is 29.3 Å². The summed E-state index contributed by atoms with van der Waals surface area (Å²) in [6.07, 6.45) is -2.19. The van der Waals surface area contributed by atoms with Crippen LogP contribution in [0.1, 0.15) is 17.0 Å². The van der Waals surface area contributed by atoms with Gasteiger partial charge in [0.05, 0.1) is 33.4 Å². The molecule has 0 atom stereocenters. The van der Waals surface area contributed by atoms with Crippen LogP contribution in [0.5, 0.6) is 0 Å². The summed E-state index contributed by atoms with van der Waals surface area (Å²) in [5.41, 5.74) is -2.15. The number of anilines is 1. The van der Waals surface area contributed by atoms with Crippen LogP contribution in [-0.2, 0) is 24.1 Å². The Morgan fingerprint density at radius 2 is 2.00 bits per heavy atom. The highest BCUT2D eigenvalue weighted by atomic mass is 35.5. The van der Waals surface area contributed by atoms with Crippen molar-refractivity contribution in [1.29, 1.82) is 0 Å². The zero-order chi connectivity index (χ0) is 22.9. The first kappa shape index (κ1) is 22.6. The normalized spacial score (nSPS) is 11.5. The number of benzene rings is 1. The highest BCUT2D eigenvalue weighted by molar-refractivity contribution is 6.42. The van der Waals surface area contributed by atoms with E-state index in [4.69, 9.17) is 23.2 Å². The van der Waals surface area contributed by atoms with Crippen LogP contribution in [0, 0.1) is 17.0 Å². The molecule has 0 radical (unpaired) electrons. The molecule has 3 rings (SSSR count). The second-order valence-corrected chi connectivity index (χ2v) is 7.23. The summed E-state index contributed by atoms with van der Waals surface area (Å²) >= 11 is 11.8. The van der Waals surface area contributed by atoms with Crippen molar-refractivity contribution in [1.82, 2.24) is 19.6 Å². The van der Waals surface area contributed by atoms with Crippen molar-refractivity contribution in [3.05, 3.63) is 67.7 Å². The van der Waals surface area contributed by atoms with Gasteiger partial charge >= 0.3 is 11.9 Å². The van der Waals surface area contributed by atoms with Gasteiger partial charge in [-0.3, -0.25) is 24.3 Å². The van der Waals surface area contributed by atoms with Crippen LogP contribution in [0.2, 0.25) is 10.0 Å². The molecule has 9 nitrogen and oxygen atoms in total. The largest absolute Gasteiger partial charge is 0.442 e. The van der Waals surface area contributed by atoms with Gasteiger partial charge in [-0.05, 0) is 24.6 Å². The van der Waals surface area contributed by atoms with Crippen molar-refractivity contribution in [2.24, 2.45) is 0 Å². The molecule has 2 aromatic heterocycles. The molecule has 0 spiro atoms. The minimum absolute atomic E-state index is 0.278. The Kier molecular flexibility index (Phi) is 6.23. The highest BCUT2D eigenvalue weighted by Crippen LogP contribution is 2.36. The van der Waals surface area contributed by atoms with Gasteiger partial charge in [-0.2, -0.15) is 23.4 Å². The Bertz CT molecular complexity index is 1160. The molecule has 0 fully saturated rings. The van der Waals surface area contributed by atoms with Crippen LogP contribution in [0.3, 0.4) is 0 Å². The zero-order valence-electron chi connectivity index (χ0n) is 15.7. The topological polar surface area (TPSA) is 108 Å². The Morgan fingerprint density at radius 1 is 1.29 bits per heavy atom. The third-order valence-corrected chi connectivity index (χ3v) is 4.90. The summed E-state index contributed by atoms with van der Waals surface area (Å²) < 4.78 is 41.2. The molecule has 0 aliphatic rings. The number of halogens is 5. The standard InChI is InChI=1S/C17H13Cl2F3N6O3/c1-9-15(28(30)31)16(17(20,21)22)25-27(9)8-14(29)24-11-5-23-26(7-11)6-10-2-3-12(18)13(19)4-10/h2-5,7H,6,8H2,1H3,(H,24,29). The van der Waals surface area contributed by atoms with Crippen LogP contribution >= 0.6 is 23.2 Å². The highest BCUT2D eigenvalue weighted by Gasteiger charge is 2.44. The number of hydrogen-bond donors (Lipinski definition) is 1. The van der Waals surface area contributed by atoms with Crippen molar-refractivity contribution < 1.29 is 22.9 Å². The first-order valence-corrected chi connectivity index (χ1v) is 9.26. The van der Waals surface area contributed by atoms with E-state index in [0.717, 1.165) is 12.5 Å². The number of alkyl halides is 3. The number of nitrogens with zero attached hydrogens (tertiary/aromatic N) is 5. The van der Waals surface area contributed by atoms with E-state index < -0.39 is 34.9 Å². The van der Waals surface area contributed by atoms with E-state index in [0.29, 0.717) is 21.3 Å². The molecule has 3 aromatic rings. The maximum absolute atomic E-state index is 13.0. The molecule has 14 heteroatoms. The van der Waals surface area contributed by atoms with E-state index in [2.05, 4.69) is 15.5 Å². The number of nitrogens with one attached hydrogen (secondary N) is 1. The lowest BCUT2D eigenvalue weighted by Crippen LogP contribution is -2.20. The van der Waals surface area contributed by atoms with E-state index >= 15 is 0 Å². The predicted molar refractivity (Wildman–Crippen MR) is 105 cm³/mol. The predicted octanol–water partition coefficient (Wildman–Crippen LogP) is 4.31. The molecule has 0 bridgehead atoms. The molecular formula is C17H13Cl2F3N6O3. The van der Waals surface area contributed by atoms with Gasteiger partial charge in [0.15, 0.2) is 0 Å². The number of hydrogen-bond acceptors (Lipinski definition) is 5.